The van der Waals surface area contributed by atoms with Crippen LogP contribution in [-0.4, -0.2) is 115 Å². The van der Waals surface area contributed by atoms with Crippen molar-refractivity contribution < 1.29 is 47.8 Å². The van der Waals surface area contributed by atoms with Crippen molar-refractivity contribution in [3.63, 3.8) is 0 Å². The largest absolute Gasteiger partial charge is 0.392 e. The van der Waals surface area contributed by atoms with Crippen LogP contribution in [0.3, 0.4) is 0 Å². The number of ether oxygens (including phenoxy) is 8. The first-order valence-electron chi connectivity index (χ1n) is 20.1. The number of carbonyl (C=O) groups excluding carboxylic acids is 1. The minimum atomic E-state index is -0.765. The topological polar surface area (TPSA) is 137 Å². The zero-order chi connectivity index (χ0) is 35.2. The average molecular weight is 714 g/mol. The first-order chi connectivity index (χ1) is 24.6. The first kappa shape index (κ1) is 35.5. The van der Waals surface area contributed by atoms with Gasteiger partial charge in [-0.05, 0) is 73.8 Å². The third-order valence-electron chi connectivity index (χ3n) is 14.2. The highest BCUT2D eigenvalue weighted by Gasteiger charge is 2.68. The molecule has 1 spiro atoms. The van der Waals surface area contributed by atoms with Crippen molar-refractivity contribution in [2.24, 2.45) is 23.5 Å². The lowest BCUT2D eigenvalue weighted by Gasteiger charge is -2.47. The fourth-order valence-corrected chi connectivity index (χ4v) is 11.3. The molecule has 0 radical (unpaired) electrons. The smallest absolute Gasteiger partial charge is 0.172 e. The molecule has 10 fully saturated rings. The standard InChI is InChI=1S/C40H59NO10/c1-19-11-25-5-7-29-20(2)12-27(44-29)9-10-40-17-34-36(50-40)37-38(49-34)39(51-40)35-30(48-37)8-6-26(46-35)13-23(42)14-28-22(4)31(15-24(43)18-41)47-33(28)16-32(45-25)21(19)3/h19,22,24-39,43H,2-3,5-18,41H2,1,4H3/t19-,22-,24+,25+,26?,27+,28-,29?,30+,31-,32?,33+,34-,35+,36?,37+,38-,39+,40+/m1/s1. The fraction of sp³-hybridized carbons (Fsp3) is 0.875. The number of hydrogen-bond acceptors (Lipinski definition) is 11. The summed E-state index contributed by atoms with van der Waals surface area (Å²) in [5.74, 6) is -0.222. The van der Waals surface area contributed by atoms with Crippen LogP contribution in [0.25, 0.3) is 0 Å². The number of rotatable bonds is 3. The molecule has 0 aromatic rings. The number of hydrogen-bond donors (Lipinski definition) is 2. The quantitative estimate of drug-likeness (QED) is 0.410. The van der Waals surface area contributed by atoms with E-state index in [0.717, 1.165) is 56.1 Å². The molecule has 0 amide bonds. The SMILES string of the molecule is C=C1C[C@@H]2CC[C@@]34C[C@H]5O[C@H]6[C@@H](O3)[C@H]3OC(CC[C@@H]3O[C@H]6C5O4)CC(=O)C[C@@H]3[C@@H](C)[C@@H](C[C@H](O)CN)O[C@H]3CC3O[C@@H](CCC1O2)C[C@@H](C)C3=C. The van der Waals surface area contributed by atoms with Crippen LogP contribution in [0.15, 0.2) is 24.3 Å². The maximum atomic E-state index is 14.0. The van der Waals surface area contributed by atoms with E-state index in [4.69, 9.17) is 43.6 Å². The lowest BCUT2D eigenvalue weighted by atomic mass is 9.78. The maximum absolute atomic E-state index is 14.0. The van der Waals surface area contributed by atoms with E-state index in [-0.39, 0.29) is 110 Å². The van der Waals surface area contributed by atoms with Gasteiger partial charge in [0, 0.05) is 45.1 Å². The number of aliphatic hydroxyl groups excluding tert-OH is 1. The highest BCUT2D eigenvalue weighted by Crippen LogP contribution is 2.54. The third kappa shape index (κ3) is 6.53. The van der Waals surface area contributed by atoms with Gasteiger partial charge in [0.05, 0.1) is 61.0 Å². The van der Waals surface area contributed by atoms with E-state index in [0.29, 0.717) is 44.4 Å². The molecule has 10 rings (SSSR count). The van der Waals surface area contributed by atoms with Gasteiger partial charge < -0.3 is 48.7 Å². The van der Waals surface area contributed by atoms with E-state index < -0.39 is 11.9 Å². The van der Waals surface area contributed by atoms with Crippen molar-refractivity contribution in [2.45, 2.75) is 195 Å². The third-order valence-corrected chi connectivity index (χ3v) is 14.2. The summed E-state index contributed by atoms with van der Waals surface area (Å²) in [6.07, 6.45) is 6.43. The lowest BCUT2D eigenvalue weighted by Crippen LogP contribution is -2.61. The van der Waals surface area contributed by atoms with Crippen LogP contribution in [0, 0.1) is 17.8 Å². The first-order valence-corrected chi connectivity index (χ1v) is 20.1. The van der Waals surface area contributed by atoms with Crippen LogP contribution < -0.4 is 5.73 Å². The van der Waals surface area contributed by atoms with E-state index in [2.05, 4.69) is 27.0 Å². The second kappa shape index (κ2) is 13.8. The van der Waals surface area contributed by atoms with E-state index in [9.17, 15) is 9.90 Å². The van der Waals surface area contributed by atoms with Gasteiger partial charge in [0.1, 0.15) is 36.3 Å². The average Bonchev–Trinajstić information content (AvgIpc) is 3.77. The van der Waals surface area contributed by atoms with Crippen LogP contribution in [0.1, 0.15) is 97.3 Å². The van der Waals surface area contributed by atoms with Gasteiger partial charge in [-0.2, -0.15) is 0 Å². The Kier molecular flexibility index (Phi) is 9.59. The predicted octanol–water partition coefficient (Wildman–Crippen LogP) is 4.06. The summed E-state index contributed by atoms with van der Waals surface area (Å²) in [7, 11) is 0. The molecular weight excluding hydrogens is 654 g/mol. The van der Waals surface area contributed by atoms with Crippen LogP contribution >= 0.6 is 0 Å². The van der Waals surface area contributed by atoms with Gasteiger partial charge in [-0.15, -0.1) is 0 Å². The second-order valence-electron chi connectivity index (χ2n) is 17.6. The number of Topliss-reactive ketones (excluding diaryl/α,β-unsaturated/α-hetero) is 1. The minimum Gasteiger partial charge on any atom is -0.392 e. The highest BCUT2D eigenvalue weighted by molar-refractivity contribution is 5.79. The molecule has 0 aromatic heterocycles. The Morgan fingerprint density at radius 3 is 2.35 bits per heavy atom. The molecule has 0 saturated carbocycles. The van der Waals surface area contributed by atoms with Crippen molar-refractivity contribution in [1.29, 1.82) is 0 Å². The number of nitrogens with two attached hydrogens (primary N) is 1. The molecule has 11 nitrogen and oxygen atoms in total. The molecule has 3 N–H and O–H groups in total. The predicted molar refractivity (Wildman–Crippen MR) is 185 cm³/mol. The van der Waals surface area contributed by atoms with Gasteiger partial charge >= 0.3 is 0 Å². The molecule has 4 unspecified atom stereocenters. The molecule has 10 saturated heterocycles. The summed E-state index contributed by atoms with van der Waals surface area (Å²) in [5, 5.41) is 10.5. The normalized spacial score (nSPS) is 53.2. The molecule has 10 heterocycles. The Hall–Kier alpha value is -1.25. The summed E-state index contributed by atoms with van der Waals surface area (Å²) in [6.45, 7) is 13.5. The molecule has 284 valence electrons. The Balaban J connectivity index is 0.986. The van der Waals surface area contributed by atoms with Crippen LogP contribution in [0.4, 0.5) is 0 Å². The zero-order valence-corrected chi connectivity index (χ0v) is 30.4. The van der Waals surface area contributed by atoms with Crippen molar-refractivity contribution in [3.8, 4) is 0 Å². The summed E-state index contributed by atoms with van der Waals surface area (Å²) in [6, 6.07) is 0. The van der Waals surface area contributed by atoms with Gasteiger partial charge in [0.15, 0.2) is 5.79 Å². The van der Waals surface area contributed by atoms with Gasteiger partial charge in [-0.25, -0.2) is 0 Å². The maximum Gasteiger partial charge on any atom is 0.172 e. The molecule has 10 aliphatic rings. The molecule has 11 heteroatoms. The van der Waals surface area contributed by atoms with E-state index in [1.807, 2.05) is 0 Å². The molecule has 0 aliphatic carbocycles. The number of carbonyl (C=O) groups is 1. The Bertz CT molecular complexity index is 1360. The number of fused-ring (bicyclic) bond motifs is 6. The van der Waals surface area contributed by atoms with Crippen molar-refractivity contribution in [1.82, 2.24) is 0 Å². The number of aliphatic hydroxyl groups is 1. The van der Waals surface area contributed by atoms with Crippen LogP contribution in [0.2, 0.25) is 0 Å². The summed E-state index contributed by atoms with van der Waals surface area (Å²) in [4.78, 5) is 14.0. The van der Waals surface area contributed by atoms with Crippen molar-refractivity contribution in [2.75, 3.05) is 6.54 Å². The lowest BCUT2D eigenvalue weighted by molar-refractivity contribution is -0.292. The monoisotopic (exact) mass is 713 g/mol. The summed E-state index contributed by atoms with van der Waals surface area (Å²) >= 11 is 0. The zero-order valence-electron chi connectivity index (χ0n) is 30.4. The van der Waals surface area contributed by atoms with Gasteiger partial charge in [-0.3, -0.25) is 4.79 Å². The van der Waals surface area contributed by atoms with Crippen molar-refractivity contribution >= 4 is 5.78 Å². The van der Waals surface area contributed by atoms with Gasteiger partial charge in [0.2, 0.25) is 0 Å². The van der Waals surface area contributed by atoms with E-state index >= 15 is 0 Å². The highest BCUT2D eigenvalue weighted by atomic mass is 16.8. The number of ketones is 1. The summed E-state index contributed by atoms with van der Waals surface area (Å²) in [5.41, 5.74) is 8.06. The minimum absolute atomic E-state index is 0.00127. The Morgan fingerprint density at radius 2 is 1.51 bits per heavy atom. The van der Waals surface area contributed by atoms with Crippen LogP contribution in [0.5, 0.6) is 0 Å². The van der Waals surface area contributed by atoms with Crippen LogP contribution in [-0.2, 0) is 42.7 Å². The Morgan fingerprint density at radius 1 is 0.765 bits per heavy atom. The van der Waals surface area contributed by atoms with Gasteiger partial charge in [0.25, 0.3) is 0 Å². The molecule has 19 atom stereocenters. The summed E-state index contributed by atoms with van der Waals surface area (Å²) < 4.78 is 54.0. The van der Waals surface area contributed by atoms with Crippen molar-refractivity contribution in [3.05, 3.63) is 24.3 Å². The molecule has 0 aromatic carbocycles. The fourth-order valence-electron chi connectivity index (χ4n) is 11.3. The molecule has 51 heavy (non-hydrogen) atoms. The molecule has 12 bridgehead atoms. The Labute approximate surface area is 302 Å². The van der Waals surface area contributed by atoms with Gasteiger partial charge in [-0.1, -0.05) is 27.0 Å². The second-order valence-corrected chi connectivity index (χ2v) is 17.6. The van der Waals surface area contributed by atoms with E-state index in [1.165, 1.54) is 0 Å². The van der Waals surface area contributed by atoms with E-state index in [1.54, 1.807) is 0 Å². The molecular formula is C40H59NO10. The molecule has 10 aliphatic heterocycles.